The first-order valence-electron chi connectivity index (χ1n) is 15.5. The number of amides is 2. The Morgan fingerprint density at radius 3 is 1.47 bits per heavy atom. The quantitative estimate of drug-likeness (QED) is 0.0885. The second kappa shape index (κ2) is 19.0. The molecule has 2 amide bonds. The van der Waals surface area contributed by atoms with Gasteiger partial charge in [-0.05, 0) is 72.8 Å². The van der Waals surface area contributed by atoms with Crippen LogP contribution in [0.2, 0.25) is 0 Å². The van der Waals surface area contributed by atoms with Crippen LogP contribution < -0.4 is 25.7 Å². The van der Waals surface area contributed by atoms with E-state index in [9.17, 15) is 53.5 Å². The van der Waals surface area contributed by atoms with Crippen molar-refractivity contribution in [2.45, 2.75) is 24.7 Å². The first-order chi connectivity index (χ1) is 27.6. The smallest absolute Gasteiger partial charge is 0.505 e. The summed E-state index contributed by atoms with van der Waals surface area (Å²) in [5.74, 6) is -8.76. The highest BCUT2D eigenvalue weighted by molar-refractivity contribution is 9.08. The molecule has 6 aromatic rings. The van der Waals surface area contributed by atoms with Crippen LogP contribution in [0.25, 0.3) is 22.8 Å². The van der Waals surface area contributed by atoms with Gasteiger partial charge in [-0.15, -0.1) is 26.3 Å². The molecule has 0 fully saturated rings. The molecule has 2 aromatic heterocycles. The number of rotatable bonds is 10. The summed E-state index contributed by atoms with van der Waals surface area (Å²) in [6.45, 7) is -0.428. The van der Waals surface area contributed by atoms with E-state index >= 15 is 0 Å². The van der Waals surface area contributed by atoms with Crippen molar-refractivity contribution in [1.29, 1.82) is 0 Å². The molecule has 0 aliphatic carbocycles. The number of ether oxygens (including phenoxy) is 3. The van der Waals surface area contributed by atoms with Crippen molar-refractivity contribution in [3.8, 4) is 45.8 Å². The van der Waals surface area contributed by atoms with Gasteiger partial charge in [0.15, 0.2) is 29.7 Å². The van der Waals surface area contributed by atoms with Crippen LogP contribution in [-0.4, -0.2) is 49.9 Å². The number of nitrogens with two attached hydrogens (primary N) is 2. The van der Waals surface area contributed by atoms with Gasteiger partial charge in [-0.3, -0.25) is 9.59 Å². The van der Waals surface area contributed by atoms with Crippen LogP contribution in [0, 0.1) is 23.3 Å². The van der Waals surface area contributed by atoms with E-state index in [4.69, 9.17) is 24.6 Å². The molecule has 312 valence electrons. The summed E-state index contributed by atoms with van der Waals surface area (Å²) >= 11 is 3.15. The zero-order valence-electron chi connectivity index (χ0n) is 28.7. The van der Waals surface area contributed by atoms with Gasteiger partial charge in [-0.25, -0.2) is 17.6 Å². The Kier molecular flexibility index (Phi) is 14.4. The number of primary amides is 2. The van der Waals surface area contributed by atoms with Crippen LogP contribution in [0.3, 0.4) is 0 Å². The second-order valence-electron chi connectivity index (χ2n) is 10.8. The molecule has 25 heteroatoms. The summed E-state index contributed by atoms with van der Waals surface area (Å²) in [6.07, 6.45) is -9.51. The fraction of sp³-hybridized carbons (Fsp3) is 0.118. The van der Waals surface area contributed by atoms with Crippen molar-refractivity contribution in [3.63, 3.8) is 0 Å². The first kappa shape index (κ1) is 44.8. The lowest BCUT2D eigenvalue weighted by molar-refractivity contribution is -0.275. The molecule has 6 rings (SSSR count). The number of alkyl halides is 7. The summed E-state index contributed by atoms with van der Waals surface area (Å²) < 4.78 is 148. The predicted octanol–water partition coefficient (Wildman–Crippen LogP) is 7.89. The maximum absolute atomic E-state index is 14.1. The Bertz CT molecular complexity index is 2390. The van der Waals surface area contributed by atoms with E-state index in [1.165, 1.54) is 36.4 Å². The largest absolute Gasteiger partial charge is 0.573 e. The summed E-state index contributed by atoms with van der Waals surface area (Å²) in [5.41, 5.74) is 8.56. The van der Waals surface area contributed by atoms with Crippen LogP contribution >= 0.6 is 15.9 Å². The maximum Gasteiger partial charge on any atom is 0.573 e. The maximum atomic E-state index is 14.1. The normalized spacial score (nSPS) is 11.1. The third kappa shape index (κ3) is 12.8. The number of hydrogen-bond acceptors (Lipinski definition) is 12. The predicted molar refractivity (Wildman–Crippen MR) is 181 cm³/mol. The molecule has 14 nitrogen and oxygen atoms in total. The van der Waals surface area contributed by atoms with Crippen molar-refractivity contribution in [2.24, 2.45) is 11.5 Å². The van der Waals surface area contributed by atoms with Crippen LogP contribution in [0.4, 0.5) is 43.9 Å². The molecule has 2 heterocycles. The van der Waals surface area contributed by atoms with Crippen LogP contribution in [-0.2, 0) is 11.9 Å². The number of hydrogen-bond donors (Lipinski definition) is 3. The van der Waals surface area contributed by atoms with Gasteiger partial charge in [0.2, 0.25) is 17.5 Å². The standard InChI is InChI=1S/C17H10F5N3O4.C10H6BrF3N2O2.C7H5F2NO2/c18-10-5-6-11(14(19)13(10)15(23)26)27-7-12-24-16(25-29-12)8-1-3-9(4-2-8)28-17(20,21)22;11-5-8-15-9(16-18-8)6-1-3-7(4-2-6)17-10(12,13)14;8-3-1-2-4(11)6(9)5(3)7(10)12/h1-6H,7H2,(H2,23,26);1-4H,5H2;1-2,11H,(H2,10,12). The van der Waals surface area contributed by atoms with Gasteiger partial charge in [-0.2, -0.15) is 9.97 Å². The number of nitrogens with zero attached hydrogens (tertiary/aromatic N) is 4. The number of aromatic hydroxyl groups is 1. The molecular formula is C34H21BrF10N6O8. The van der Waals surface area contributed by atoms with Crippen molar-refractivity contribution in [1.82, 2.24) is 20.3 Å². The molecule has 0 saturated heterocycles. The summed E-state index contributed by atoms with van der Waals surface area (Å²) in [7, 11) is 0. The van der Waals surface area contributed by atoms with E-state index in [-0.39, 0.29) is 17.5 Å². The van der Waals surface area contributed by atoms with Crippen LogP contribution in [0.5, 0.6) is 23.0 Å². The topological polar surface area (TPSA) is 212 Å². The number of carbonyl (C=O) groups excluding carboxylic acids is 2. The lowest BCUT2D eigenvalue weighted by Crippen LogP contribution is -2.16. The zero-order valence-corrected chi connectivity index (χ0v) is 30.3. The number of halogens is 11. The molecule has 0 spiro atoms. The summed E-state index contributed by atoms with van der Waals surface area (Å²) in [6, 6.07) is 13.2. The fourth-order valence-corrected chi connectivity index (χ4v) is 4.47. The number of aromatic nitrogens is 4. The Hall–Kier alpha value is -6.92. The molecule has 4 aromatic carbocycles. The summed E-state index contributed by atoms with van der Waals surface area (Å²) in [5, 5.41) is 16.4. The molecule has 0 bridgehead atoms. The zero-order chi connectivity index (χ0) is 43.7. The fourth-order valence-electron chi connectivity index (χ4n) is 4.25. The third-order valence-corrected chi connectivity index (χ3v) is 7.19. The van der Waals surface area contributed by atoms with Crippen LogP contribution in [0.1, 0.15) is 32.5 Å². The van der Waals surface area contributed by atoms with Gasteiger partial charge < -0.3 is 39.8 Å². The monoisotopic (exact) mass is 910 g/mol. The molecule has 0 saturated carbocycles. The first-order valence-corrected chi connectivity index (χ1v) is 16.6. The van der Waals surface area contributed by atoms with E-state index in [1.807, 2.05) is 0 Å². The highest BCUT2D eigenvalue weighted by atomic mass is 79.9. The Labute approximate surface area is 330 Å². The van der Waals surface area contributed by atoms with Crippen molar-refractivity contribution in [3.05, 3.63) is 119 Å². The van der Waals surface area contributed by atoms with E-state index in [2.05, 4.69) is 51.4 Å². The van der Waals surface area contributed by atoms with Gasteiger partial charge in [0, 0.05) is 11.1 Å². The number of phenols is 1. The van der Waals surface area contributed by atoms with Gasteiger partial charge in [0.1, 0.15) is 34.3 Å². The average Bonchev–Trinajstić information content (AvgIpc) is 3.83. The minimum Gasteiger partial charge on any atom is -0.505 e. The van der Waals surface area contributed by atoms with E-state index in [0.29, 0.717) is 28.2 Å². The number of carbonyl (C=O) groups is 2. The number of benzene rings is 4. The third-order valence-electron chi connectivity index (χ3n) is 6.71. The molecule has 0 radical (unpaired) electrons. The second-order valence-corrected chi connectivity index (χ2v) is 11.4. The molecule has 0 unspecified atom stereocenters. The van der Waals surface area contributed by atoms with Gasteiger partial charge in [-0.1, -0.05) is 26.2 Å². The Balaban J connectivity index is 0.000000217. The van der Waals surface area contributed by atoms with Gasteiger partial charge >= 0.3 is 12.7 Å². The molecule has 59 heavy (non-hydrogen) atoms. The molecule has 0 aliphatic rings. The minimum absolute atomic E-state index is 0.0274. The number of phenolic OH excluding ortho intramolecular Hbond substituents is 1. The summed E-state index contributed by atoms with van der Waals surface area (Å²) in [4.78, 5) is 29.5. The van der Waals surface area contributed by atoms with Crippen molar-refractivity contribution in [2.75, 3.05) is 0 Å². The van der Waals surface area contributed by atoms with E-state index in [0.717, 1.165) is 36.4 Å². The van der Waals surface area contributed by atoms with Crippen molar-refractivity contribution >= 4 is 27.7 Å². The lowest BCUT2D eigenvalue weighted by atomic mass is 10.1. The van der Waals surface area contributed by atoms with Gasteiger partial charge in [0.25, 0.3) is 17.7 Å². The van der Waals surface area contributed by atoms with Gasteiger partial charge in [0.05, 0.1) is 5.33 Å². The SMILES string of the molecule is FC(F)(F)Oc1ccc(-c2noc(CBr)n2)cc1.NC(=O)c1c(F)ccc(O)c1F.NC(=O)c1c(F)ccc(OCc2nc(-c3ccc(OC(F)(F)F)cc3)no2)c1F. The molecular weight excluding hydrogens is 890 g/mol. The minimum atomic E-state index is -4.82. The Morgan fingerprint density at radius 1 is 0.644 bits per heavy atom. The average molecular weight is 911 g/mol. The van der Waals surface area contributed by atoms with E-state index < -0.39 is 82.8 Å². The van der Waals surface area contributed by atoms with Crippen molar-refractivity contribution < 1.29 is 81.9 Å². The molecule has 5 N–H and O–H groups in total. The lowest BCUT2D eigenvalue weighted by Gasteiger charge is -2.08. The van der Waals surface area contributed by atoms with E-state index in [1.54, 1.807) is 0 Å². The molecule has 0 atom stereocenters. The highest BCUT2D eigenvalue weighted by Gasteiger charge is 2.32. The van der Waals surface area contributed by atoms with Crippen LogP contribution in [0.15, 0.2) is 81.8 Å². The highest BCUT2D eigenvalue weighted by Crippen LogP contribution is 2.28. The molecule has 0 aliphatic heterocycles. The Morgan fingerprint density at radius 2 is 1.07 bits per heavy atom.